The van der Waals surface area contributed by atoms with Crippen molar-refractivity contribution in [2.24, 2.45) is 0 Å². The second-order valence-electron chi connectivity index (χ2n) is 17.5. The van der Waals surface area contributed by atoms with Gasteiger partial charge in [0.2, 0.25) is 5.91 Å². The van der Waals surface area contributed by atoms with E-state index in [2.05, 4.69) is 40.4 Å². The Labute approximate surface area is 424 Å². The Hall–Kier alpha value is -7.73. The first kappa shape index (κ1) is 51.6. The number of amides is 1. The van der Waals surface area contributed by atoms with Crippen molar-refractivity contribution in [3.63, 3.8) is 0 Å². The zero-order valence-corrected chi connectivity index (χ0v) is 41.3. The number of morpholine rings is 2. The van der Waals surface area contributed by atoms with Crippen LogP contribution in [-0.4, -0.2) is 84.2 Å². The van der Waals surface area contributed by atoms with Crippen molar-refractivity contribution in [1.29, 1.82) is 0 Å². The van der Waals surface area contributed by atoms with Gasteiger partial charge in [0, 0.05) is 114 Å². The number of pyridine rings is 4. The van der Waals surface area contributed by atoms with Crippen molar-refractivity contribution in [1.82, 2.24) is 19.9 Å². The summed E-state index contributed by atoms with van der Waals surface area (Å²) in [5.74, 6) is -2.69. The number of benzene rings is 4. The van der Waals surface area contributed by atoms with E-state index in [4.69, 9.17) is 26.8 Å². The maximum absolute atomic E-state index is 14.0. The molecule has 2 fully saturated rings. The molecule has 10 rings (SSSR count). The number of hydrogen-bond donors (Lipinski definition) is 3. The van der Waals surface area contributed by atoms with Gasteiger partial charge in [-0.05, 0) is 122 Å². The van der Waals surface area contributed by atoms with Gasteiger partial charge in [-0.25, -0.2) is 37.5 Å². The number of fused-ring (bicyclic) bond motifs is 2. The van der Waals surface area contributed by atoms with Crippen LogP contribution in [0.3, 0.4) is 0 Å². The summed E-state index contributed by atoms with van der Waals surface area (Å²) in [7, 11) is 0. The molecule has 0 saturated carbocycles. The molecule has 2 aliphatic heterocycles. The standard InChI is InChI=1S/C27H25F2N5O2.C15H9ClF2N2.C13H18N2O2/c1-16-25(18-10-19(28)12-20(29)11-18)33-27-24(4-3-5-30-27)26(16)32-22-13-21(31-17(2)35)14-23(15-22)34-6-8-36-9-7-34;1-8-13(16)12-3-2-4-19-15(12)20-14(8)9-5-10(17)7-11(18)6-9;1-10(16)6-11-7-12(14)9-13(8-11)15-2-4-17-5-3-15/h3-5,10-15H,6-9H2,1-2H3,(H,31,35)(H,30,32,33);2-7H,1H3;7-9H,2-6,14H2,1H3. The number of nitrogen functional groups attached to an aromatic ring is 1. The highest BCUT2D eigenvalue weighted by Crippen LogP contribution is 2.37. The Bertz CT molecular complexity index is 3290. The summed E-state index contributed by atoms with van der Waals surface area (Å²) in [5, 5.41) is 8.30. The number of nitrogens with zero attached hydrogens (tertiary/aromatic N) is 6. The van der Waals surface area contributed by atoms with Crippen LogP contribution in [0.15, 0.2) is 109 Å². The highest BCUT2D eigenvalue weighted by Gasteiger charge is 2.20. The van der Waals surface area contributed by atoms with Crippen LogP contribution < -0.4 is 26.2 Å². The fourth-order valence-corrected chi connectivity index (χ4v) is 8.89. The Kier molecular flexibility index (Phi) is 16.4. The van der Waals surface area contributed by atoms with Gasteiger partial charge in [0.1, 0.15) is 29.1 Å². The van der Waals surface area contributed by atoms with E-state index in [1.807, 2.05) is 55.5 Å². The first-order valence-corrected chi connectivity index (χ1v) is 23.8. The number of aromatic nitrogens is 4. The number of nitrogens with two attached hydrogens (primary N) is 1. The minimum atomic E-state index is -0.681. The number of anilines is 6. The molecule has 18 heteroatoms. The predicted octanol–water partition coefficient (Wildman–Crippen LogP) is 11.2. The topological polar surface area (TPSA) is 161 Å². The number of halogens is 5. The molecule has 13 nitrogen and oxygen atoms in total. The van der Waals surface area contributed by atoms with Crippen molar-refractivity contribution in [2.75, 3.05) is 78.8 Å². The summed E-state index contributed by atoms with van der Waals surface area (Å²) in [6, 6.07) is 25.5. The van der Waals surface area contributed by atoms with Gasteiger partial charge in [-0.2, -0.15) is 0 Å². The van der Waals surface area contributed by atoms with Crippen LogP contribution in [0.1, 0.15) is 30.5 Å². The highest BCUT2D eigenvalue weighted by atomic mass is 35.5. The number of carbonyl (C=O) groups excluding carboxylic acids is 2. The fourth-order valence-electron chi connectivity index (χ4n) is 8.65. The van der Waals surface area contributed by atoms with Gasteiger partial charge in [-0.3, -0.25) is 9.59 Å². The van der Waals surface area contributed by atoms with E-state index >= 15 is 0 Å². The maximum atomic E-state index is 14.0. The zero-order chi connectivity index (χ0) is 51.8. The number of ketones is 1. The second-order valence-corrected chi connectivity index (χ2v) is 17.9. The lowest BCUT2D eigenvalue weighted by molar-refractivity contribution is -0.116. The van der Waals surface area contributed by atoms with Crippen LogP contribution in [0.4, 0.5) is 51.7 Å². The van der Waals surface area contributed by atoms with E-state index in [0.717, 1.165) is 79.5 Å². The quantitative estimate of drug-likeness (QED) is 0.0929. The van der Waals surface area contributed by atoms with Gasteiger partial charge in [-0.15, -0.1) is 0 Å². The molecule has 8 aromatic rings. The van der Waals surface area contributed by atoms with Crippen molar-refractivity contribution in [2.45, 2.75) is 34.1 Å². The normalized spacial score (nSPS) is 13.4. The lowest BCUT2D eigenvalue weighted by Crippen LogP contribution is -2.36. The summed E-state index contributed by atoms with van der Waals surface area (Å²) >= 11 is 6.29. The van der Waals surface area contributed by atoms with Crippen LogP contribution in [0.2, 0.25) is 5.02 Å². The van der Waals surface area contributed by atoms with Crippen LogP contribution in [0.5, 0.6) is 0 Å². The van der Waals surface area contributed by atoms with E-state index < -0.39 is 23.3 Å². The average molecular weight is 1010 g/mol. The molecule has 4 N–H and O–H groups in total. The minimum Gasteiger partial charge on any atom is -0.399 e. The number of nitrogens with one attached hydrogen (secondary N) is 2. The first-order chi connectivity index (χ1) is 35.1. The third-order valence-electron chi connectivity index (χ3n) is 11.9. The van der Waals surface area contributed by atoms with Gasteiger partial charge >= 0.3 is 0 Å². The van der Waals surface area contributed by atoms with Gasteiger partial charge in [0.25, 0.3) is 0 Å². The lowest BCUT2D eigenvalue weighted by atomic mass is 10.0. The molecule has 0 bridgehead atoms. The molecule has 73 heavy (non-hydrogen) atoms. The van der Waals surface area contributed by atoms with Crippen molar-refractivity contribution >= 4 is 79.5 Å². The molecule has 4 aromatic heterocycles. The molecule has 0 radical (unpaired) electrons. The Morgan fingerprint density at radius 1 is 0.644 bits per heavy atom. The van der Waals surface area contributed by atoms with Gasteiger partial charge in [0.05, 0.1) is 48.5 Å². The van der Waals surface area contributed by atoms with Crippen molar-refractivity contribution < 1.29 is 36.6 Å². The predicted molar refractivity (Wildman–Crippen MR) is 280 cm³/mol. The molecule has 0 aliphatic carbocycles. The van der Waals surface area contributed by atoms with E-state index in [0.29, 0.717) is 92.0 Å². The average Bonchev–Trinajstić information content (AvgIpc) is 3.35. The minimum absolute atomic E-state index is 0.156. The molecule has 0 spiro atoms. The molecule has 0 atom stereocenters. The number of hydrogen-bond acceptors (Lipinski definition) is 12. The van der Waals surface area contributed by atoms with E-state index in [-0.39, 0.29) is 11.7 Å². The number of carbonyl (C=O) groups is 2. The fraction of sp³-hybridized carbons (Fsp3) is 0.236. The first-order valence-electron chi connectivity index (χ1n) is 23.4. The molecule has 6 heterocycles. The molecule has 376 valence electrons. The molecule has 0 unspecified atom stereocenters. The summed E-state index contributed by atoms with van der Waals surface area (Å²) in [6.45, 7) is 12.6. The monoisotopic (exact) mass is 1010 g/mol. The Morgan fingerprint density at radius 3 is 1.67 bits per heavy atom. The zero-order valence-electron chi connectivity index (χ0n) is 40.5. The van der Waals surface area contributed by atoms with Crippen LogP contribution in [0.25, 0.3) is 44.6 Å². The number of rotatable bonds is 9. The molecular weight excluding hydrogens is 962 g/mol. The van der Waals surface area contributed by atoms with E-state index in [1.165, 1.54) is 31.2 Å². The lowest BCUT2D eigenvalue weighted by Gasteiger charge is -2.30. The molecular formula is C55H52ClF4N9O4. The largest absolute Gasteiger partial charge is 0.399 e. The van der Waals surface area contributed by atoms with Crippen molar-refractivity contribution in [3.05, 3.63) is 154 Å². The number of ether oxygens (including phenoxy) is 2. The summed E-state index contributed by atoms with van der Waals surface area (Å²) in [5.41, 5.74) is 15.5. The van der Waals surface area contributed by atoms with E-state index in [9.17, 15) is 27.2 Å². The van der Waals surface area contributed by atoms with Crippen LogP contribution >= 0.6 is 11.6 Å². The summed E-state index contributed by atoms with van der Waals surface area (Å²) in [6.07, 6.45) is 3.66. The number of Topliss-reactive ketones (excluding diaryl/α,β-unsaturated/α-hetero) is 1. The van der Waals surface area contributed by atoms with E-state index in [1.54, 1.807) is 38.4 Å². The smallest absolute Gasteiger partial charge is 0.221 e. The van der Waals surface area contributed by atoms with Crippen LogP contribution in [-0.2, 0) is 25.5 Å². The summed E-state index contributed by atoms with van der Waals surface area (Å²) in [4.78, 5) is 44.9. The molecule has 2 aliphatic rings. The molecule has 2 saturated heterocycles. The second kappa shape index (κ2) is 23.2. The van der Waals surface area contributed by atoms with Gasteiger partial charge < -0.3 is 35.6 Å². The van der Waals surface area contributed by atoms with Gasteiger partial charge in [-0.1, -0.05) is 11.6 Å². The Balaban J connectivity index is 0.000000162. The maximum Gasteiger partial charge on any atom is 0.221 e. The Morgan fingerprint density at radius 2 is 1.14 bits per heavy atom. The third kappa shape index (κ3) is 13.0. The van der Waals surface area contributed by atoms with Crippen molar-refractivity contribution in [3.8, 4) is 22.5 Å². The third-order valence-corrected chi connectivity index (χ3v) is 12.4. The molecule has 4 aromatic carbocycles. The SMILES string of the molecule is CC(=O)Cc1cc(N)cc(N2CCOCC2)c1.CC(=O)Nc1cc(Nc2c(C)c(-c3cc(F)cc(F)c3)nc3ncccc23)cc(N2CCOCC2)c1.Cc1c(-c2cc(F)cc(F)c2)nc2ncccc2c1Cl. The molecule has 1 amide bonds. The van der Waals surface area contributed by atoms with Crippen LogP contribution in [0, 0.1) is 37.1 Å². The highest BCUT2D eigenvalue weighted by molar-refractivity contribution is 6.36. The van der Waals surface area contributed by atoms with Gasteiger partial charge in [0.15, 0.2) is 11.3 Å². The summed E-state index contributed by atoms with van der Waals surface area (Å²) < 4.78 is 65.5.